The third-order valence-corrected chi connectivity index (χ3v) is 6.43. The quantitative estimate of drug-likeness (QED) is 0.441. The van der Waals surface area contributed by atoms with Crippen molar-refractivity contribution < 1.29 is 14.5 Å². The zero-order chi connectivity index (χ0) is 23.0. The third-order valence-electron chi connectivity index (χ3n) is 5.62. The van der Waals surface area contributed by atoms with Crippen molar-refractivity contribution >= 4 is 56.4 Å². The highest BCUT2D eigenvalue weighted by Gasteiger charge is 2.43. The summed E-state index contributed by atoms with van der Waals surface area (Å²) >= 11 is 9.76. The smallest absolute Gasteiger partial charge is 0.269 e. The fourth-order valence-electron chi connectivity index (χ4n) is 4.22. The molecule has 0 spiro atoms. The minimum atomic E-state index is -0.874. The van der Waals surface area contributed by atoms with Crippen LogP contribution in [0.4, 0.5) is 11.5 Å². The molecule has 1 aromatic carbocycles. The Morgan fingerprint density at radius 3 is 2.75 bits per heavy atom. The summed E-state index contributed by atoms with van der Waals surface area (Å²) in [6.45, 7) is 1.72. The van der Waals surface area contributed by atoms with E-state index in [9.17, 15) is 19.7 Å². The van der Waals surface area contributed by atoms with Gasteiger partial charge >= 0.3 is 0 Å². The molecule has 0 saturated heterocycles. The standard InChI is InChI=1S/C22H18BrClN4O4/c1-11-19(22(30)27-18-8-5-12(23)10-25-18)20(21-16(26-11)3-2-4-17(21)29)14-9-13(28(31)32)6-7-15(14)24/h5-10,19-20H,2-4H2,1H3,(H,25,27,30)/t19?,20-/m0/s1. The van der Waals surface area contributed by atoms with Gasteiger partial charge in [0.2, 0.25) is 5.91 Å². The molecule has 1 unspecified atom stereocenters. The van der Waals surface area contributed by atoms with Crippen molar-refractivity contribution in [1.82, 2.24) is 4.98 Å². The lowest BCUT2D eigenvalue weighted by Gasteiger charge is -2.35. The maximum Gasteiger partial charge on any atom is 0.269 e. The van der Waals surface area contributed by atoms with Gasteiger partial charge in [0.25, 0.3) is 5.69 Å². The number of amides is 1. The van der Waals surface area contributed by atoms with Crippen LogP contribution in [0.5, 0.6) is 0 Å². The number of nitro benzene ring substituents is 1. The molecule has 0 bridgehead atoms. The zero-order valence-electron chi connectivity index (χ0n) is 17.0. The van der Waals surface area contributed by atoms with Gasteiger partial charge in [-0.15, -0.1) is 0 Å². The average Bonchev–Trinajstić information content (AvgIpc) is 2.74. The van der Waals surface area contributed by atoms with Crippen molar-refractivity contribution in [3.05, 3.63) is 73.0 Å². The summed E-state index contributed by atoms with van der Waals surface area (Å²) < 4.78 is 0.759. The van der Waals surface area contributed by atoms with Crippen molar-refractivity contribution in [3.8, 4) is 0 Å². The first-order chi connectivity index (χ1) is 15.3. The molecule has 1 aliphatic heterocycles. The fourth-order valence-corrected chi connectivity index (χ4v) is 4.69. The second kappa shape index (κ2) is 8.91. The lowest BCUT2D eigenvalue weighted by Crippen LogP contribution is -2.39. The number of Topliss-reactive ketones (excluding diaryl/α,β-unsaturated/α-hetero) is 1. The number of halogens is 2. The van der Waals surface area contributed by atoms with Crippen molar-refractivity contribution in [2.75, 3.05) is 5.32 Å². The second-order valence-electron chi connectivity index (χ2n) is 7.66. The number of nitro groups is 1. The zero-order valence-corrected chi connectivity index (χ0v) is 19.3. The first-order valence-corrected chi connectivity index (χ1v) is 11.1. The van der Waals surface area contributed by atoms with Gasteiger partial charge in [-0.25, -0.2) is 4.98 Å². The van der Waals surface area contributed by atoms with Crippen LogP contribution in [0.1, 0.15) is 37.7 Å². The van der Waals surface area contributed by atoms with E-state index in [1.165, 1.54) is 18.2 Å². The highest BCUT2D eigenvalue weighted by molar-refractivity contribution is 9.10. The highest BCUT2D eigenvalue weighted by Crippen LogP contribution is 2.46. The van der Waals surface area contributed by atoms with Crippen LogP contribution < -0.4 is 5.32 Å². The second-order valence-corrected chi connectivity index (χ2v) is 8.98. The topological polar surface area (TPSA) is 115 Å². The van der Waals surface area contributed by atoms with Crippen LogP contribution in [0.25, 0.3) is 0 Å². The van der Waals surface area contributed by atoms with Crippen LogP contribution in [0.2, 0.25) is 5.02 Å². The van der Waals surface area contributed by atoms with Crippen LogP contribution >= 0.6 is 27.5 Å². The normalized spacial score (nSPS) is 20.5. The number of carbonyl (C=O) groups is 2. The molecule has 8 nitrogen and oxygen atoms in total. The monoisotopic (exact) mass is 516 g/mol. The molecular formula is C22H18BrClN4O4. The van der Waals surface area contributed by atoms with Crippen LogP contribution in [-0.4, -0.2) is 27.3 Å². The molecule has 2 heterocycles. The van der Waals surface area contributed by atoms with E-state index in [0.717, 1.165) is 4.47 Å². The number of ketones is 1. The van der Waals surface area contributed by atoms with E-state index in [-0.39, 0.29) is 16.5 Å². The SMILES string of the molecule is CC1=NC2=C(C(=O)CCC2)[C@@H](c2cc([N+](=O)[O-])ccc2Cl)C1C(=O)Nc1ccc(Br)cn1. The molecule has 1 aromatic heterocycles. The number of allylic oxidation sites excluding steroid dienone is 2. The Morgan fingerprint density at radius 1 is 1.28 bits per heavy atom. The van der Waals surface area contributed by atoms with E-state index in [2.05, 4.69) is 31.2 Å². The Balaban J connectivity index is 1.83. The van der Waals surface area contributed by atoms with Crippen molar-refractivity contribution in [2.24, 2.45) is 10.9 Å². The van der Waals surface area contributed by atoms with Gasteiger partial charge in [-0.2, -0.15) is 0 Å². The van der Waals surface area contributed by atoms with Gasteiger partial charge in [0, 0.05) is 57.1 Å². The molecule has 2 aliphatic rings. The van der Waals surface area contributed by atoms with Gasteiger partial charge in [-0.3, -0.25) is 24.7 Å². The molecular weight excluding hydrogens is 500 g/mol. The number of benzene rings is 1. The van der Waals surface area contributed by atoms with Gasteiger partial charge in [0.05, 0.1) is 10.8 Å². The Morgan fingerprint density at radius 2 is 2.06 bits per heavy atom. The lowest BCUT2D eigenvalue weighted by molar-refractivity contribution is -0.384. The molecule has 0 saturated carbocycles. The number of rotatable bonds is 4. The minimum absolute atomic E-state index is 0.116. The van der Waals surface area contributed by atoms with Gasteiger partial charge in [-0.05, 0) is 59.5 Å². The lowest BCUT2D eigenvalue weighted by atomic mass is 9.71. The number of nitrogens with zero attached hydrogens (tertiary/aromatic N) is 3. The summed E-state index contributed by atoms with van der Waals surface area (Å²) in [6, 6.07) is 7.45. The third kappa shape index (κ3) is 4.22. The van der Waals surface area contributed by atoms with Crippen LogP contribution in [0, 0.1) is 16.0 Å². The molecule has 2 atom stereocenters. The molecule has 164 valence electrons. The van der Waals surface area contributed by atoms with E-state index >= 15 is 0 Å². The molecule has 4 rings (SSSR count). The summed E-state index contributed by atoms with van der Waals surface area (Å²) in [5.74, 6) is -1.85. The van der Waals surface area contributed by atoms with Crippen LogP contribution in [0.15, 0.2) is 57.3 Å². The minimum Gasteiger partial charge on any atom is -0.310 e. The van der Waals surface area contributed by atoms with Crippen molar-refractivity contribution in [3.63, 3.8) is 0 Å². The van der Waals surface area contributed by atoms with Gasteiger partial charge in [-0.1, -0.05) is 11.6 Å². The maximum atomic E-state index is 13.4. The number of anilines is 1. The van der Waals surface area contributed by atoms with E-state index in [4.69, 9.17) is 11.6 Å². The summed E-state index contributed by atoms with van der Waals surface area (Å²) in [6.07, 6.45) is 3.16. The highest BCUT2D eigenvalue weighted by atomic mass is 79.9. The summed E-state index contributed by atoms with van der Waals surface area (Å²) in [5, 5.41) is 14.4. The van der Waals surface area contributed by atoms with Crippen LogP contribution in [0.3, 0.4) is 0 Å². The summed E-state index contributed by atoms with van der Waals surface area (Å²) in [4.78, 5) is 46.0. The van der Waals surface area contributed by atoms with Gasteiger partial charge in [0.1, 0.15) is 5.82 Å². The largest absolute Gasteiger partial charge is 0.310 e. The van der Waals surface area contributed by atoms with Crippen molar-refractivity contribution in [1.29, 1.82) is 0 Å². The molecule has 1 amide bonds. The van der Waals surface area contributed by atoms with E-state index < -0.39 is 22.7 Å². The number of nitrogens with one attached hydrogen (secondary N) is 1. The summed E-state index contributed by atoms with van der Waals surface area (Å²) in [7, 11) is 0. The predicted octanol–water partition coefficient (Wildman–Crippen LogP) is 5.23. The van der Waals surface area contributed by atoms with E-state index in [1.54, 1.807) is 25.3 Å². The number of non-ortho nitro benzene ring substituents is 1. The molecule has 10 heteroatoms. The first kappa shape index (κ1) is 22.3. The average molecular weight is 518 g/mol. The molecule has 2 aromatic rings. The van der Waals surface area contributed by atoms with E-state index in [0.29, 0.717) is 47.6 Å². The molecule has 32 heavy (non-hydrogen) atoms. The number of aliphatic imine (C=N–C) groups is 1. The Bertz CT molecular complexity index is 1190. The summed E-state index contributed by atoms with van der Waals surface area (Å²) in [5.41, 5.74) is 1.75. The number of hydrogen-bond donors (Lipinski definition) is 1. The molecule has 1 N–H and O–H groups in total. The Hall–Kier alpha value is -2.91. The maximum absolute atomic E-state index is 13.4. The number of pyridine rings is 1. The predicted molar refractivity (Wildman–Crippen MR) is 124 cm³/mol. The molecule has 0 radical (unpaired) electrons. The van der Waals surface area contributed by atoms with Crippen molar-refractivity contribution in [2.45, 2.75) is 32.1 Å². The molecule has 0 fully saturated rings. The molecule has 1 aliphatic carbocycles. The Labute approximate surface area is 197 Å². The van der Waals surface area contributed by atoms with E-state index in [1.807, 2.05) is 0 Å². The number of aromatic nitrogens is 1. The Kier molecular flexibility index (Phi) is 6.21. The first-order valence-electron chi connectivity index (χ1n) is 9.94. The van der Waals surface area contributed by atoms with Crippen LogP contribution in [-0.2, 0) is 9.59 Å². The van der Waals surface area contributed by atoms with Gasteiger partial charge < -0.3 is 5.32 Å². The number of carbonyl (C=O) groups excluding carboxylic acids is 2. The fraction of sp³-hybridized carbons (Fsp3) is 0.273. The van der Waals surface area contributed by atoms with Gasteiger partial charge in [0.15, 0.2) is 5.78 Å². The number of hydrogen-bond acceptors (Lipinski definition) is 6.